The molecule has 1 aromatic carbocycles. The van der Waals surface area contributed by atoms with E-state index in [4.69, 9.17) is 14.2 Å². The van der Waals surface area contributed by atoms with E-state index in [-0.39, 0.29) is 23.6 Å². The lowest BCUT2D eigenvalue weighted by Gasteiger charge is -2.39. The minimum atomic E-state index is -0.628. The molecule has 0 saturated carbocycles. The summed E-state index contributed by atoms with van der Waals surface area (Å²) in [5, 5.41) is 13.7. The van der Waals surface area contributed by atoms with Crippen LogP contribution in [0.25, 0.3) is 0 Å². The second kappa shape index (κ2) is 9.14. The van der Waals surface area contributed by atoms with Crippen molar-refractivity contribution in [2.75, 3.05) is 26.9 Å². The predicted molar refractivity (Wildman–Crippen MR) is 116 cm³/mol. The molecule has 2 aliphatic rings. The van der Waals surface area contributed by atoms with E-state index in [0.29, 0.717) is 54.2 Å². The van der Waals surface area contributed by atoms with Gasteiger partial charge in [0, 0.05) is 35.9 Å². The number of allylic oxidation sites excluding steroid dienone is 3. The maximum Gasteiger partial charge on any atom is 0.336 e. The van der Waals surface area contributed by atoms with Gasteiger partial charge in [-0.2, -0.15) is 0 Å². The summed E-state index contributed by atoms with van der Waals surface area (Å²) >= 11 is 0. The molecule has 0 aromatic heterocycles. The van der Waals surface area contributed by atoms with Crippen LogP contribution in [0.1, 0.15) is 52.0 Å². The molecule has 168 valence electrons. The van der Waals surface area contributed by atoms with Crippen molar-refractivity contribution >= 4 is 11.8 Å². The maximum absolute atomic E-state index is 13.2. The number of carbonyl (C=O) groups excluding carboxylic acids is 2. The van der Waals surface area contributed by atoms with Crippen LogP contribution in [0, 0.1) is 5.41 Å². The number of nitrogens with one attached hydrogen (secondary N) is 1. The van der Waals surface area contributed by atoms with Crippen molar-refractivity contribution in [1.82, 2.24) is 5.32 Å². The monoisotopic (exact) mass is 429 g/mol. The van der Waals surface area contributed by atoms with E-state index in [0.717, 1.165) is 5.70 Å². The molecular weight excluding hydrogens is 398 g/mol. The van der Waals surface area contributed by atoms with Crippen molar-refractivity contribution < 1.29 is 28.9 Å². The fraction of sp³-hybridized carbons (Fsp3) is 0.500. The second-order valence-electron chi connectivity index (χ2n) is 8.69. The number of phenolic OH excluding ortho intramolecular Hbond substituents is 1. The van der Waals surface area contributed by atoms with Crippen LogP contribution in [-0.4, -0.2) is 43.8 Å². The molecule has 0 unspecified atom stereocenters. The van der Waals surface area contributed by atoms with Crippen LogP contribution in [0.15, 0.2) is 40.7 Å². The highest BCUT2D eigenvalue weighted by Gasteiger charge is 2.43. The molecule has 7 nitrogen and oxygen atoms in total. The average Bonchev–Trinajstić information content (AvgIpc) is 2.69. The minimum Gasteiger partial charge on any atom is -0.504 e. The lowest BCUT2D eigenvalue weighted by atomic mass is 9.68. The van der Waals surface area contributed by atoms with Crippen molar-refractivity contribution in [3.05, 3.63) is 46.3 Å². The smallest absolute Gasteiger partial charge is 0.336 e. The lowest BCUT2D eigenvalue weighted by Crippen LogP contribution is -2.38. The van der Waals surface area contributed by atoms with E-state index in [2.05, 4.69) is 19.2 Å². The number of esters is 1. The van der Waals surface area contributed by atoms with Crippen LogP contribution in [0.3, 0.4) is 0 Å². The summed E-state index contributed by atoms with van der Waals surface area (Å²) in [5.74, 6) is -0.868. The van der Waals surface area contributed by atoms with Gasteiger partial charge in [-0.25, -0.2) is 4.79 Å². The van der Waals surface area contributed by atoms with Crippen molar-refractivity contribution in [2.45, 2.75) is 46.5 Å². The number of benzene rings is 1. The molecule has 0 saturated heterocycles. The van der Waals surface area contributed by atoms with Crippen LogP contribution in [0.5, 0.6) is 11.5 Å². The minimum absolute atomic E-state index is 0.00817. The number of aromatic hydroxyl groups is 1. The first-order valence-electron chi connectivity index (χ1n) is 10.5. The first kappa shape index (κ1) is 22.9. The van der Waals surface area contributed by atoms with Crippen molar-refractivity contribution in [1.29, 1.82) is 0 Å². The summed E-state index contributed by atoms with van der Waals surface area (Å²) in [4.78, 5) is 26.3. The number of ketones is 1. The van der Waals surface area contributed by atoms with E-state index >= 15 is 0 Å². The molecule has 0 fully saturated rings. The molecule has 0 amide bonds. The number of hydrogen-bond donors (Lipinski definition) is 2. The second-order valence-corrected chi connectivity index (χ2v) is 8.69. The van der Waals surface area contributed by atoms with Crippen molar-refractivity contribution in [3.8, 4) is 11.5 Å². The highest BCUT2D eigenvalue weighted by Crippen LogP contribution is 2.47. The molecule has 31 heavy (non-hydrogen) atoms. The Morgan fingerprint density at radius 3 is 2.65 bits per heavy atom. The number of Topliss-reactive ketones (excluding diaryl/α,β-unsaturated/α-hetero) is 1. The summed E-state index contributed by atoms with van der Waals surface area (Å²) in [6.45, 7) is 8.76. The third-order valence-electron chi connectivity index (χ3n) is 5.66. The van der Waals surface area contributed by atoms with E-state index in [1.54, 1.807) is 18.2 Å². The Kier molecular flexibility index (Phi) is 6.74. The molecule has 0 bridgehead atoms. The normalized spacial score (nSPS) is 20.3. The van der Waals surface area contributed by atoms with Crippen LogP contribution in [0.4, 0.5) is 0 Å². The van der Waals surface area contributed by atoms with Gasteiger partial charge in [0.05, 0.1) is 19.3 Å². The molecule has 1 aliphatic heterocycles. The van der Waals surface area contributed by atoms with Crippen LogP contribution in [0.2, 0.25) is 0 Å². The largest absolute Gasteiger partial charge is 0.504 e. The molecule has 3 rings (SSSR count). The van der Waals surface area contributed by atoms with Crippen LogP contribution < -0.4 is 10.1 Å². The Morgan fingerprint density at radius 2 is 2.00 bits per heavy atom. The molecule has 0 radical (unpaired) electrons. The third-order valence-corrected chi connectivity index (χ3v) is 5.66. The molecule has 0 spiro atoms. The molecule has 1 aliphatic carbocycles. The lowest BCUT2D eigenvalue weighted by molar-refractivity contribution is -0.140. The standard InChI is InChI=1S/C24H31NO6/c1-6-30-9-10-31-23(28)20-14(2)25-16-12-24(3,4)13-18(27)22(16)21(20)15-7-8-19(29-5)17(26)11-15/h7-8,11,21,25-26H,6,9-10,12-13H2,1-5H3/t21-/m0/s1. The Morgan fingerprint density at radius 1 is 1.26 bits per heavy atom. The van der Waals surface area contributed by atoms with Gasteiger partial charge in [0.2, 0.25) is 0 Å². The Bertz CT molecular complexity index is 943. The van der Waals surface area contributed by atoms with Gasteiger partial charge in [0.15, 0.2) is 17.3 Å². The summed E-state index contributed by atoms with van der Waals surface area (Å²) in [7, 11) is 1.47. The number of phenols is 1. The fourth-order valence-electron chi connectivity index (χ4n) is 4.34. The van der Waals surface area contributed by atoms with E-state index in [1.807, 2.05) is 13.8 Å². The molecular formula is C24H31NO6. The number of carbonyl (C=O) groups is 2. The zero-order valence-corrected chi connectivity index (χ0v) is 18.8. The van der Waals surface area contributed by atoms with Crippen LogP contribution in [-0.2, 0) is 19.1 Å². The van der Waals surface area contributed by atoms with Gasteiger partial charge in [-0.3, -0.25) is 4.79 Å². The summed E-state index contributed by atoms with van der Waals surface area (Å²) < 4.78 is 15.9. The van der Waals surface area contributed by atoms with E-state index in [9.17, 15) is 14.7 Å². The Balaban J connectivity index is 2.06. The van der Waals surface area contributed by atoms with Crippen molar-refractivity contribution in [3.63, 3.8) is 0 Å². The average molecular weight is 430 g/mol. The summed E-state index contributed by atoms with van der Waals surface area (Å²) in [6.07, 6.45) is 1.08. The number of methoxy groups -OCH3 is 1. The van der Waals surface area contributed by atoms with Gasteiger partial charge in [-0.05, 0) is 43.4 Å². The zero-order valence-electron chi connectivity index (χ0n) is 18.8. The summed E-state index contributed by atoms with van der Waals surface area (Å²) in [6, 6.07) is 4.96. The van der Waals surface area contributed by atoms with Gasteiger partial charge in [-0.1, -0.05) is 19.9 Å². The number of dihydropyridines is 1. The van der Waals surface area contributed by atoms with Gasteiger partial charge in [0.1, 0.15) is 6.61 Å². The first-order valence-corrected chi connectivity index (χ1v) is 10.5. The molecule has 1 heterocycles. The highest BCUT2D eigenvalue weighted by atomic mass is 16.6. The molecule has 1 atom stereocenters. The van der Waals surface area contributed by atoms with Crippen molar-refractivity contribution in [2.24, 2.45) is 5.41 Å². The molecule has 1 aromatic rings. The van der Waals surface area contributed by atoms with Crippen LogP contribution >= 0.6 is 0 Å². The van der Waals surface area contributed by atoms with Gasteiger partial charge in [-0.15, -0.1) is 0 Å². The first-order chi connectivity index (χ1) is 14.7. The van der Waals surface area contributed by atoms with Gasteiger partial charge < -0.3 is 24.6 Å². The molecule has 7 heteroatoms. The predicted octanol–water partition coefficient (Wildman–Crippen LogP) is 3.58. The third kappa shape index (κ3) is 4.77. The van der Waals surface area contributed by atoms with E-state index in [1.165, 1.54) is 7.11 Å². The quantitative estimate of drug-likeness (QED) is 0.505. The van der Waals surface area contributed by atoms with Gasteiger partial charge >= 0.3 is 5.97 Å². The molecule has 2 N–H and O–H groups in total. The SMILES string of the molecule is CCOCCOC(=O)C1=C(C)NC2=C(C(=O)CC(C)(C)C2)[C@H]1c1ccc(OC)c(O)c1. The zero-order chi connectivity index (χ0) is 22.8. The van der Waals surface area contributed by atoms with E-state index < -0.39 is 11.9 Å². The maximum atomic E-state index is 13.2. The number of rotatable bonds is 7. The Hall–Kier alpha value is -2.80. The fourth-order valence-corrected chi connectivity index (χ4v) is 4.34. The number of hydrogen-bond acceptors (Lipinski definition) is 7. The number of ether oxygens (including phenoxy) is 3. The summed E-state index contributed by atoms with van der Waals surface area (Å²) in [5.41, 5.74) is 2.86. The topological polar surface area (TPSA) is 94.1 Å². The Labute approximate surface area is 183 Å². The highest BCUT2D eigenvalue weighted by molar-refractivity contribution is 6.04. The van der Waals surface area contributed by atoms with Gasteiger partial charge in [0.25, 0.3) is 0 Å².